The fourth-order valence-corrected chi connectivity index (χ4v) is 6.27. The molecule has 0 aromatic heterocycles. The molecule has 9 heteroatoms. The Labute approximate surface area is 200 Å². The first-order valence-corrected chi connectivity index (χ1v) is 13.0. The first-order valence-electron chi connectivity index (χ1n) is 11.6. The molecular weight excluding hydrogens is 457 g/mol. The average molecular weight is 488 g/mol. The molecule has 0 radical (unpaired) electrons. The first-order chi connectivity index (χ1) is 16.1. The SMILES string of the molecule is Cc1ccc(S(=O)(=O)N2CC(=O)N(c3ccccc3F)[C@](C)(C(=O)NC3CCCCC3)C2)cc1. The molecule has 7 nitrogen and oxygen atoms in total. The minimum Gasteiger partial charge on any atom is -0.351 e. The smallest absolute Gasteiger partial charge is 0.247 e. The van der Waals surface area contributed by atoms with Gasteiger partial charge in [-0.3, -0.25) is 14.5 Å². The number of sulfonamides is 1. The molecule has 1 atom stereocenters. The van der Waals surface area contributed by atoms with E-state index >= 15 is 0 Å². The summed E-state index contributed by atoms with van der Waals surface area (Å²) in [5, 5.41) is 3.01. The van der Waals surface area contributed by atoms with Crippen LogP contribution in [0.5, 0.6) is 0 Å². The largest absolute Gasteiger partial charge is 0.351 e. The highest BCUT2D eigenvalue weighted by Gasteiger charge is 2.52. The van der Waals surface area contributed by atoms with E-state index in [0.717, 1.165) is 46.9 Å². The molecule has 1 saturated carbocycles. The van der Waals surface area contributed by atoms with Crippen molar-refractivity contribution >= 4 is 27.5 Å². The van der Waals surface area contributed by atoms with Crippen molar-refractivity contribution < 1.29 is 22.4 Å². The summed E-state index contributed by atoms with van der Waals surface area (Å²) in [6, 6.07) is 12.0. The third kappa shape index (κ3) is 4.59. The second-order valence-corrected chi connectivity index (χ2v) is 11.3. The molecule has 2 amide bonds. The third-order valence-electron chi connectivity index (χ3n) is 6.72. The quantitative estimate of drug-likeness (QED) is 0.701. The number of aryl methyl sites for hydroxylation is 1. The molecule has 0 spiro atoms. The number of nitrogens with one attached hydrogen (secondary N) is 1. The van der Waals surface area contributed by atoms with Crippen LogP contribution in [0.2, 0.25) is 0 Å². The standard InChI is InChI=1S/C25H30FN3O4S/c1-18-12-14-20(15-13-18)34(32,33)28-16-23(30)29(22-11-7-6-10-21(22)26)25(2,17-28)24(31)27-19-8-4-3-5-9-19/h6-7,10-15,19H,3-5,8-9,16-17H2,1-2H3,(H,27,31)/t25-/m0/s1. The Balaban J connectivity index is 1.73. The molecule has 1 heterocycles. The Morgan fingerprint density at radius 3 is 2.35 bits per heavy atom. The number of piperazine rings is 1. The third-order valence-corrected chi connectivity index (χ3v) is 8.53. The Bertz CT molecular complexity index is 1180. The molecule has 1 aliphatic carbocycles. The van der Waals surface area contributed by atoms with Crippen molar-refractivity contribution in [3.8, 4) is 0 Å². The summed E-state index contributed by atoms with van der Waals surface area (Å²) >= 11 is 0. The molecular formula is C25H30FN3O4S. The molecule has 182 valence electrons. The van der Waals surface area contributed by atoms with Crippen LogP contribution in [0.25, 0.3) is 0 Å². The molecule has 4 rings (SSSR count). The predicted molar refractivity (Wildman–Crippen MR) is 127 cm³/mol. The normalized spacial score (nSPS) is 22.6. The Kier molecular flexibility index (Phi) is 6.78. The Morgan fingerprint density at radius 2 is 1.71 bits per heavy atom. The summed E-state index contributed by atoms with van der Waals surface area (Å²) in [5.74, 6) is -1.80. The molecule has 2 aromatic rings. The number of rotatable bonds is 5. The van der Waals surface area contributed by atoms with E-state index < -0.39 is 39.7 Å². The van der Waals surface area contributed by atoms with Gasteiger partial charge in [0.2, 0.25) is 21.8 Å². The van der Waals surface area contributed by atoms with Gasteiger partial charge in [-0.15, -0.1) is 0 Å². The molecule has 34 heavy (non-hydrogen) atoms. The van der Waals surface area contributed by atoms with Gasteiger partial charge in [-0.1, -0.05) is 49.1 Å². The summed E-state index contributed by atoms with van der Waals surface area (Å²) in [6.45, 7) is 2.57. The zero-order chi connectivity index (χ0) is 24.5. The maximum Gasteiger partial charge on any atom is 0.247 e. The van der Waals surface area contributed by atoms with Crippen LogP contribution >= 0.6 is 0 Å². The number of carbonyl (C=O) groups excluding carboxylic acids is 2. The molecule has 2 aliphatic rings. The van der Waals surface area contributed by atoms with Gasteiger partial charge in [0.15, 0.2) is 0 Å². The molecule has 2 aromatic carbocycles. The van der Waals surface area contributed by atoms with Gasteiger partial charge >= 0.3 is 0 Å². The second kappa shape index (κ2) is 9.46. The van der Waals surface area contributed by atoms with Gasteiger partial charge in [0.25, 0.3) is 0 Å². The predicted octanol–water partition coefficient (Wildman–Crippen LogP) is 3.38. The summed E-state index contributed by atoms with van der Waals surface area (Å²) < 4.78 is 42.6. The van der Waals surface area contributed by atoms with Crippen molar-refractivity contribution in [2.24, 2.45) is 0 Å². The molecule has 1 aliphatic heterocycles. The number of hydrogen-bond donors (Lipinski definition) is 1. The molecule has 1 saturated heterocycles. The molecule has 0 bridgehead atoms. The van der Waals surface area contributed by atoms with Crippen molar-refractivity contribution in [1.82, 2.24) is 9.62 Å². The zero-order valence-corrected chi connectivity index (χ0v) is 20.3. The van der Waals surface area contributed by atoms with Gasteiger partial charge in [0.1, 0.15) is 11.4 Å². The highest BCUT2D eigenvalue weighted by Crippen LogP contribution is 2.34. The van der Waals surface area contributed by atoms with E-state index in [1.807, 2.05) is 6.92 Å². The van der Waals surface area contributed by atoms with E-state index in [-0.39, 0.29) is 23.2 Å². The van der Waals surface area contributed by atoms with Crippen molar-refractivity contribution in [2.45, 2.75) is 62.4 Å². The van der Waals surface area contributed by atoms with Crippen LogP contribution in [-0.4, -0.2) is 49.2 Å². The van der Waals surface area contributed by atoms with Crippen LogP contribution in [0.15, 0.2) is 53.4 Å². The van der Waals surface area contributed by atoms with Crippen LogP contribution in [0.1, 0.15) is 44.6 Å². The van der Waals surface area contributed by atoms with Gasteiger partial charge in [-0.05, 0) is 51.0 Å². The van der Waals surface area contributed by atoms with Crippen molar-refractivity contribution in [1.29, 1.82) is 0 Å². The van der Waals surface area contributed by atoms with Crippen LogP contribution in [0, 0.1) is 12.7 Å². The number of nitrogens with zero attached hydrogens (tertiary/aromatic N) is 2. The van der Waals surface area contributed by atoms with Crippen LogP contribution < -0.4 is 10.2 Å². The highest BCUT2D eigenvalue weighted by molar-refractivity contribution is 7.89. The monoisotopic (exact) mass is 487 g/mol. The lowest BCUT2D eigenvalue weighted by Gasteiger charge is -2.47. The lowest BCUT2D eigenvalue weighted by Crippen LogP contribution is -2.71. The van der Waals surface area contributed by atoms with Gasteiger partial charge in [-0.2, -0.15) is 4.31 Å². The molecule has 1 N–H and O–H groups in total. The number of carbonyl (C=O) groups is 2. The number of halogens is 1. The summed E-state index contributed by atoms with van der Waals surface area (Å²) in [6.07, 6.45) is 4.73. The second-order valence-electron chi connectivity index (χ2n) is 9.35. The van der Waals surface area contributed by atoms with Crippen LogP contribution in [0.3, 0.4) is 0 Å². The van der Waals surface area contributed by atoms with Crippen LogP contribution in [0.4, 0.5) is 10.1 Å². The highest BCUT2D eigenvalue weighted by atomic mass is 32.2. The lowest BCUT2D eigenvalue weighted by molar-refractivity contribution is -0.133. The number of benzene rings is 2. The van der Waals surface area contributed by atoms with E-state index in [2.05, 4.69) is 5.32 Å². The fraction of sp³-hybridized carbons (Fsp3) is 0.440. The summed E-state index contributed by atoms with van der Waals surface area (Å²) in [5.41, 5.74) is -0.774. The average Bonchev–Trinajstić information content (AvgIpc) is 2.80. The fourth-order valence-electron chi connectivity index (χ4n) is 4.79. The van der Waals surface area contributed by atoms with Gasteiger partial charge in [-0.25, -0.2) is 12.8 Å². The lowest BCUT2D eigenvalue weighted by atomic mass is 9.91. The number of anilines is 1. The van der Waals surface area contributed by atoms with E-state index in [4.69, 9.17) is 0 Å². The van der Waals surface area contributed by atoms with Crippen molar-refractivity contribution in [3.05, 3.63) is 59.9 Å². The minimum atomic E-state index is -4.05. The maximum absolute atomic E-state index is 14.8. The van der Waals surface area contributed by atoms with Gasteiger partial charge in [0, 0.05) is 12.6 Å². The van der Waals surface area contributed by atoms with Gasteiger partial charge < -0.3 is 5.32 Å². The number of para-hydroxylation sites is 1. The summed E-state index contributed by atoms with van der Waals surface area (Å²) in [4.78, 5) is 28.2. The van der Waals surface area contributed by atoms with E-state index in [0.29, 0.717) is 0 Å². The topological polar surface area (TPSA) is 86.8 Å². The van der Waals surface area contributed by atoms with Crippen LogP contribution in [-0.2, 0) is 19.6 Å². The Hall–Kier alpha value is -2.78. The van der Waals surface area contributed by atoms with Crippen molar-refractivity contribution in [3.63, 3.8) is 0 Å². The number of amides is 2. The minimum absolute atomic E-state index is 0.0406. The number of hydrogen-bond acceptors (Lipinski definition) is 4. The van der Waals surface area contributed by atoms with Gasteiger partial charge in [0.05, 0.1) is 17.1 Å². The molecule has 0 unspecified atom stereocenters. The van der Waals surface area contributed by atoms with E-state index in [1.165, 1.54) is 37.3 Å². The van der Waals surface area contributed by atoms with Crippen molar-refractivity contribution in [2.75, 3.05) is 18.0 Å². The van der Waals surface area contributed by atoms with E-state index in [9.17, 15) is 22.4 Å². The Morgan fingerprint density at radius 1 is 1.06 bits per heavy atom. The summed E-state index contributed by atoms with van der Waals surface area (Å²) in [7, 11) is -4.05. The first kappa shape index (κ1) is 24.3. The molecule has 2 fully saturated rings. The van der Waals surface area contributed by atoms with E-state index in [1.54, 1.807) is 18.2 Å². The zero-order valence-electron chi connectivity index (χ0n) is 19.5. The maximum atomic E-state index is 14.8.